The quantitative estimate of drug-likeness (QED) is 0.0416. The topological polar surface area (TPSA) is 499 Å². The van der Waals surface area contributed by atoms with Crippen LogP contribution in [0.5, 0.6) is 34.5 Å². The van der Waals surface area contributed by atoms with E-state index in [2.05, 4.69) is 0 Å². The summed E-state index contributed by atoms with van der Waals surface area (Å²) >= 11 is 0. The molecule has 2 fully saturated rings. The summed E-state index contributed by atoms with van der Waals surface area (Å²) in [5, 5.41) is 169. The third-order valence-corrected chi connectivity index (χ3v) is 11.2. The van der Waals surface area contributed by atoms with Crippen molar-refractivity contribution in [1.82, 2.24) is 16.0 Å². The molecular formula is C42H49N3O26. The summed E-state index contributed by atoms with van der Waals surface area (Å²) < 4.78 is 20.9. The number of hydrogen-bond acceptors (Lipinski definition) is 25. The molecule has 0 bridgehead atoms. The average molecular weight is 1010 g/mol. The molecule has 3 amide bonds. The normalized spacial score (nSPS) is 25.4. The van der Waals surface area contributed by atoms with E-state index < -0.39 is 199 Å². The first-order valence-electron chi connectivity index (χ1n) is 20.8. The highest BCUT2D eigenvalue weighted by Crippen LogP contribution is 2.40. The van der Waals surface area contributed by atoms with Crippen LogP contribution in [-0.2, 0) is 33.3 Å². The van der Waals surface area contributed by atoms with Gasteiger partial charge in [-0.05, 0) is 47.5 Å². The first kappa shape index (κ1) is 54.8. The summed E-state index contributed by atoms with van der Waals surface area (Å²) in [6.45, 7) is -5.65. The van der Waals surface area contributed by atoms with Crippen LogP contribution in [0.2, 0.25) is 0 Å². The lowest BCUT2D eigenvalue weighted by atomic mass is 9.90. The Morgan fingerprint density at radius 1 is 0.507 bits per heavy atom. The molecule has 388 valence electrons. The summed E-state index contributed by atoms with van der Waals surface area (Å²) in [6.07, 6.45) is -17.8. The molecule has 29 nitrogen and oxygen atoms in total. The molecule has 29 heteroatoms. The van der Waals surface area contributed by atoms with E-state index >= 15 is 0 Å². The summed E-state index contributed by atoms with van der Waals surface area (Å²) in [6, 6.07) is -0.307. The van der Waals surface area contributed by atoms with Gasteiger partial charge in [-0.1, -0.05) is 6.07 Å². The Labute approximate surface area is 397 Å². The Balaban J connectivity index is 1.39. The van der Waals surface area contributed by atoms with Gasteiger partial charge in [0.1, 0.15) is 74.3 Å². The monoisotopic (exact) mass is 1010 g/mol. The van der Waals surface area contributed by atoms with Crippen molar-refractivity contribution >= 4 is 35.6 Å². The molecule has 3 aromatic carbocycles. The molecule has 5 rings (SSSR count). The molecule has 71 heavy (non-hydrogen) atoms. The van der Waals surface area contributed by atoms with Gasteiger partial charge in [0.15, 0.2) is 52.6 Å². The van der Waals surface area contributed by atoms with Gasteiger partial charge < -0.3 is 117 Å². The third-order valence-electron chi connectivity index (χ3n) is 11.2. The molecule has 2 aliphatic heterocycles. The number of para-hydroxylation sites is 1. The maximum absolute atomic E-state index is 13.8. The fraction of sp³-hybridized carbons (Fsp3) is 0.429. The molecule has 0 aromatic heterocycles. The summed E-state index contributed by atoms with van der Waals surface area (Å²) in [7, 11) is 0. The fourth-order valence-electron chi connectivity index (χ4n) is 7.19. The smallest absolute Gasteiger partial charge is 0.332 e. The average Bonchev–Trinajstić information content (AvgIpc) is 3.33. The van der Waals surface area contributed by atoms with Crippen LogP contribution < -0.4 is 16.0 Å². The summed E-state index contributed by atoms with van der Waals surface area (Å²) in [5.74, 6) is -15.6. The van der Waals surface area contributed by atoms with E-state index in [4.69, 9.17) is 18.9 Å². The molecule has 0 aliphatic carbocycles. The standard InChI is InChI=1S/C42H49N3O26/c46-8-18(43-37(61)15-2-1-3-21(49)26(15)52)41(66)69-12-20(45-39(63)17-5-14(7-23(51)28(17)54)36-34(60)32(58)30(56)25(10-48)71-36)42(67)68-11-19(40(64)65)44-38(62)16-4-13(6-22(50)27(16)53)35-33(59)31(57)29(55)24(9-47)70-35/h1-7,18-20,24-25,29-36,46-60H,8-12H2,(H,43,61)(H,44,62)(H,45,63)(H,64,65)/t18-,19-,20-,24+,25+,29+,30+,31-,32-,33+,34+,35-,36-/m0/s1. The van der Waals surface area contributed by atoms with Gasteiger partial charge in [0.2, 0.25) is 0 Å². The molecule has 0 radical (unpaired) electrons. The number of phenolic OH excluding ortho intramolecular Hbond substituents is 6. The van der Waals surface area contributed by atoms with Crippen molar-refractivity contribution < 1.29 is 129 Å². The van der Waals surface area contributed by atoms with Crippen LogP contribution in [0.3, 0.4) is 0 Å². The number of esters is 2. The van der Waals surface area contributed by atoms with Crippen molar-refractivity contribution in [3.63, 3.8) is 0 Å². The second-order valence-electron chi connectivity index (χ2n) is 15.9. The van der Waals surface area contributed by atoms with Crippen LogP contribution >= 0.6 is 0 Å². The van der Waals surface area contributed by atoms with Gasteiger partial charge in [0, 0.05) is 0 Å². The van der Waals surface area contributed by atoms with Crippen molar-refractivity contribution in [1.29, 1.82) is 0 Å². The molecule has 0 spiro atoms. The minimum Gasteiger partial charge on any atom is -0.504 e. The Kier molecular flexibility index (Phi) is 17.9. The van der Waals surface area contributed by atoms with Crippen LogP contribution in [0.4, 0.5) is 0 Å². The summed E-state index contributed by atoms with van der Waals surface area (Å²) in [4.78, 5) is 79.1. The van der Waals surface area contributed by atoms with E-state index in [1.54, 1.807) is 0 Å². The molecule has 2 heterocycles. The maximum Gasteiger partial charge on any atom is 0.332 e. The zero-order chi connectivity index (χ0) is 52.8. The van der Waals surface area contributed by atoms with Crippen molar-refractivity contribution in [3.8, 4) is 34.5 Å². The molecule has 0 saturated carbocycles. The lowest BCUT2D eigenvalue weighted by Crippen LogP contribution is -2.55. The fourth-order valence-corrected chi connectivity index (χ4v) is 7.19. The van der Waals surface area contributed by atoms with Crippen molar-refractivity contribution in [3.05, 3.63) is 70.3 Å². The number of carbonyl (C=O) groups excluding carboxylic acids is 5. The SMILES string of the molecule is O=C(N[C@@H](COC(=O)[C@H](COC(=O)[C@H](CO)NC(=O)c1cccc(O)c1O)NC(=O)c1cc([C@@H]2O[C@H](CO)[C@@H](O)[C@H](O)[C@H]2O)cc(O)c1O)C(=O)O)c1cc([C@@H]2O[C@H](CO)[C@@H](O)[C@H](O)[C@H]2O)cc(O)c1O. The number of aliphatic hydroxyl groups is 9. The van der Waals surface area contributed by atoms with Gasteiger partial charge >= 0.3 is 17.9 Å². The third kappa shape index (κ3) is 12.1. The van der Waals surface area contributed by atoms with E-state index in [1.807, 2.05) is 16.0 Å². The number of rotatable bonds is 18. The number of aromatic hydroxyl groups is 6. The zero-order valence-corrected chi connectivity index (χ0v) is 36.3. The first-order valence-corrected chi connectivity index (χ1v) is 20.8. The summed E-state index contributed by atoms with van der Waals surface area (Å²) in [5.41, 5.74) is -3.12. The lowest BCUT2D eigenvalue weighted by Gasteiger charge is -2.40. The number of phenols is 6. The predicted octanol–water partition coefficient (Wildman–Crippen LogP) is -6.19. The molecule has 13 atom stereocenters. The minimum atomic E-state index is -2.30. The molecule has 0 unspecified atom stereocenters. The number of aliphatic hydroxyl groups excluding tert-OH is 9. The van der Waals surface area contributed by atoms with Crippen LogP contribution in [0.25, 0.3) is 0 Å². The Bertz CT molecular complexity index is 2470. The van der Waals surface area contributed by atoms with E-state index in [1.165, 1.54) is 0 Å². The van der Waals surface area contributed by atoms with Crippen LogP contribution in [0, 0.1) is 0 Å². The van der Waals surface area contributed by atoms with Crippen molar-refractivity contribution in [2.45, 2.75) is 79.2 Å². The molecule has 2 aliphatic rings. The van der Waals surface area contributed by atoms with Gasteiger partial charge in [-0.15, -0.1) is 0 Å². The van der Waals surface area contributed by atoms with Crippen molar-refractivity contribution in [2.75, 3.05) is 33.0 Å². The van der Waals surface area contributed by atoms with Crippen LogP contribution in [0.1, 0.15) is 54.4 Å². The first-order chi connectivity index (χ1) is 33.4. The van der Waals surface area contributed by atoms with E-state index in [-0.39, 0.29) is 11.1 Å². The number of aliphatic carboxylic acids is 1. The number of amides is 3. The van der Waals surface area contributed by atoms with Crippen LogP contribution in [0.15, 0.2) is 42.5 Å². The second kappa shape index (κ2) is 23.2. The predicted molar refractivity (Wildman–Crippen MR) is 225 cm³/mol. The maximum atomic E-state index is 13.8. The van der Waals surface area contributed by atoms with Gasteiger partial charge in [-0.2, -0.15) is 0 Å². The van der Waals surface area contributed by atoms with Crippen LogP contribution in [-0.4, -0.2) is 217 Å². The van der Waals surface area contributed by atoms with Crippen molar-refractivity contribution in [2.24, 2.45) is 0 Å². The molecule has 3 aromatic rings. The molecule has 19 N–H and O–H groups in total. The van der Waals surface area contributed by atoms with E-state index in [9.17, 15) is 110 Å². The lowest BCUT2D eigenvalue weighted by molar-refractivity contribution is -0.231. The highest BCUT2D eigenvalue weighted by atomic mass is 16.6. The molecule has 2 saturated heterocycles. The number of carbonyl (C=O) groups is 6. The molecular weight excluding hydrogens is 962 g/mol. The second-order valence-corrected chi connectivity index (χ2v) is 15.9. The Hall–Kier alpha value is -7.16. The largest absolute Gasteiger partial charge is 0.504 e. The number of carboxylic acids is 1. The van der Waals surface area contributed by atoms with E-state index in [0.717, 1.165) is 42.5 Å². The number of ether oxygens (including phenoxy) is 4. The van der Waals surface area contributed by atoms with Gasteiger partial charge in [0.05, 0.1) is 36.5 Å². The van der Waals surface area contributed by atoms with Gasteiger partial charge in [-0.25, -0.2) is 14.4 Å². The van der Waals surface area contributed by atoms with Gasteiger partial charge in [-0.3, -0.25) is 14.4 Å². The number of hydrogen-bond donors (Lipinski definition) is 19. The number of carboxylic acid groups (broad SMARTS) is 1. The highest BCUT2D eigenvalue weighted by molar-refractivity contribution is 6.01. The zero-order valence-electron chi connectivity index (χ0n) is 36.3. The number of benzene rings is 3. The minimum absolute atomic E-state index is 0.340. The van der Waals surface area contributed by atoms with Gasteiger partial charge in [0.25, 0.3) is 17.7 Å². The Morgan fingerprint density at radius 2 is 0.901 bits per heavy atom. The number of nitrogens with one attached hydrogen (secondary N) is 3. The Morgan fingerprint density at radius 3 is 1.34 bits per heavy atom. The highest BCUT2D eigenvalue weighted by Gasteiger charge is 2.46. The van der Waals surface area contributed by atoms with E-state index in [0.29, 0.717) is 0 Å².